The lowest BCUT2D eigenvalue weighted by atomic mass is 10.0. The number of carbonyl (C=O) groups excluding carboxylic acids is 1. The molecular formula is C9H14N4O. The highest BCUT2D eigenvalue weighted by atomic mass is 16.1. The van der Waals surface area contributed by atoms with E-state index in [0.717, 1.165) is 12.2 Å². The lowest BCUT2D eigenvalue weighted by molar-refractivity contribution is 0.0991. The van der Waals surface area contributed by atoms with Crippen molar-refractivity contribution in [3.8, 4) is 0 Å². The van der Waals surface area contributed by atoms with E-state index in [-0.39, 0.29) is 5.82 Å². The predicted octanol–water partition coefficient (Wildman–Crippen LogP) is 0.636. The maximum atomic E-state index is 10.7. The van der Waals surface area contributed by atoms with E-state index in [1.54, 1.807) is 0 Å². The maximum Gasteiger partial charge on any atom is 0.288 e. The number of aromatic nitrogens is 3. The highest BCUT2D eigenvalue weighted by Gasteiger charge is 2.17. The van der Waals surface area contributed by atoms with E-state index in [4.69, 9.17) is 5.73 Å². The first-order valence-electron chi connectivity index (χ1n) is 4.97. The predicted molar refractivity (Wildman–Crippen MR) is 50.6 cm³/mol. The van der Waals surface area contributed by atoms with Gasteiger partial charge in [-0.1, -0.05) is 25.7 Å². The summed E-state index contributed by atoms with van der Waals surface area (Å²) < 4.78 is 0. The van der Waals surface area contributed by atoms with Crippen molar-refractivity contribution in [2.45, 2.75) is 32.1 Å². The number of amides is 1. The third kappa shape index (κ3) is 1.92. The molecule has 5 heteroatoms. The van der Waals surface area contributed by atoms with Crippen LogP contribution in [0.15, 0.2) is 0 Å². The second-order valence-electron chi connectivity index (χ2n) is 3.82. The minimum absolute atomic E-state index is 0.0954. The number of nitrogens with two attached hydrogens (primary N) is 1. The highest BCUT2D eigenvalue weighted by molar-refractivity contribution is 5.88. The second-order valence-corrected chi connectivity index (χ2v) is 3.82. The number of hydrogen-bond donors (Lipinski definition) is 2. The summed E-state index contributed by atoms with van der Waals surface area (Å²) in [7, 11) is 0. The average molecular weight is 194 g/mol. The molecule has 0 unspecified atom stereocenters. The van der Waals surface area contributed by atoms with E-state index >= 15 is 0 Å². The Morgan fingerprint density at radius 1 is 1.50 bits per heavy atom. The molecule has 2 rings (SSSR count). The summed E-state index contributed by atoms with van der Waals surface area (Å²) in [4.78, 5) is 14.8. The molecule has 0 bridgehead atoms. The van der Waals surface area contributed by atoms with Gasteiger partial charge in [0.05, 0.1) is 0 Å². The number of rotatable bonds is 3. The summed E-state index contributed by atoms with van der Waals surface area (Å²) in [5.41, 5.74) is 5.05. The maximum absolute atomic E-state index is 10.7. The van der Waals surface area contributed by atoms with Gasteiger partial charge in [0.2, 0.25) is 5.82 Å². The molecular weight excluding hydrogens is 180 g/mol. The molecule has 14 heavy (non-hydrogen) atoms. The van der Waals surface area contributed by atoms with Crippen LogP contribution in [0.3, 0.4) is 0 Å². The van der Waals surface area contributed by atoms with Gasteiger partial charge < -0.3 is 5.73 Å². The second kappa shape index (κ2) is 3.77. The fourth-order valence-electron chi connectivity index (χ4n) is 1.98. The van der Waals surface area contributed by atoms with Crippen molar-refractivity contribution in [3.63, 3.8) is 0 Å². The third-order valence-electron chi connectivity index (χ3n) is 2.71. The van der Waals surface area contributed by atoms with E-state index < -0.39 is 5.91 Å². The zero-order valence-electron chi connectivity index (χ0n) is 7.99. The van der Waals surface area contributed by atoms with Gasteiger partial charge in [0.25, 0.3) is 5.91 Å². The van der Waals surface area contributed by atoms with Gasteiger partial charge in [-0.2, -0.15) is 0 Å². The molecule has 1 aliphatic rings. The molecule has 0 saturated heterocycles. The number of nitrogens with zero attached hydrogens (tertiary/aromatic N) is 2. The molecule has 1 amide bonds. The molecule has 1 heterocycles. The number of aromatic amines is 1. The highest BCUT2D eigenvalue weighted by Crippen LogP contribution is 2.26. The van der Waals surface area contributed by atoms with Crippen LogP contribution in [0.25, 0.3) is 0 Å². The fourth-order valence-corrected chi connectivity index (χ4v) is 1.98. The summed E-state index contributed by atoms with van der Waals surface area (Å²) in [6, 6.07) is 0. The molecule has 3 N–H and O–H groups in total. The van der Waals surface area contributed by atoms with Crippen LogP contribution in [-0.2, 0) is 6.42 Å². The Bertz CT molecular complexity index is 327. The largest absolute Gasteiger partial charge is 0.363 e. The van der Waals surface area contributed by atoms with Gasteiger partial charge in [-0.25, -0.2) is 4.98 Å². The van der Waals surface area contributed by atoms with Crippen LogP contribution in [0.5, 0.6) is 0 Å². The minimum atomic E-state index is -0.570. The smallest absolute Gasteiger partial charge is 0.288 e. The van der Waals surface area contributed by atoms with Gasteiger partial charge >= 0.3 is 0 Å². The van der Waals surface area contributed by atoms with Gasteiger partial charge in [-0.15, -0.1) is 5.10 Å². The van der Waals surface area contributed by atoms with Crippen LogP contribution in [0, 0.1) is 5.92 Å². The van der Waals surface area contributed by atoms with Crippen molar-refractivity contribution >= 4 is 5.91 Å². The van der Waals surface area contributed by atoms with Crippen molar-refractivity contribution < 1.29 is 4.79 Å². The summed E-state index contributed by atoms with van der Waals surface area (Å²) in [5, 5.41) is 6.50. The van der Waals surface area contributed by atoms with Crippen LogP contribution in [0.2, 0.25) is 0 Å². The molecule has 0 atom stereocenters. The number of nitrogens with one attached hydrogen (secondary N) is 1. The zero-order valence-corrected chi connectivity index (χ0v) is 7.99. The minimum Gasteiger partial charge on any atom is -0.363 e. The quantitative estimate of drug-likeness (QED) is 0.740. The van der Waals surface area contributed by atoms with Crippen LogP contribution in [-0.4, -0.2) is 21.1 Å². The van der Waals surface area contributed by atoms with E-state index in [0.29, 0.717) is 5.92 Å². The van der Waals surface area contributed by atoms with Gasteiger partial charge in [0.1, 0.15) is 5.82 Å². The van der Waals surface area contributed by atoms with Crippen molar-refractivity contribution in [3.05, 3.63) is 11.6 Å². The first kappa shape index (κ1) is 9.18. The molecule has 1 aromatic rings. The Kier molecular flexibility index (Phi) is 2.47. The van der Waals surface area contributed by atoms with E-state index in [1.165, 1.54) is 25.7 Å². The van der Waals surface area contributed by atoms with Crippen LogP contribution >= 0.6 is 0 Å². The molecule has 0 spiro atoms. The molecule has 1 aromatic heterocycles. The molecule has 1 aliphatic carbocycles. The topological polar surface area (TPSA) is 84.7 Å². The van der Waals surface area contributed by atoms with Crippen LogP contribution in [0.1, 0.15) is 42.1 Å². The Hall–Kier alpha value is -1.39. The summed E-state index contributed by atoms with van der Waals surface area (Å²) in [6.07, 6.45) is 6.02. The first-order chi connectivity index (χ1) is 6.75. The molecule has 0 aromatic carbocycles. The first-order valence-corrected chi connectivity index (χ1v) is 4.97. The lowest BCUT2D eigenvalue weighted by Gasteiger charge is -2.03. The van der Waals surface area contributed by atoms with Crippen molar-refractivity contribution in [2.75, 3.05) is 0 Å². The summed E-state index contributed by atoms with van der Waals surface area (Å²) >= 11 is 0. The molecule has 1 saturated carbocycles. The molecule has 76 valence electrons. The third-order valence-corrected chi connectivity index (χ3v) is 2.71. The van der Waals surface area contributed by atoms with Crippen molar-refractivity contribution in [1.82, 2.24) is 15.2 Å². The van der Waals surface area contributed by atoms with Crippen molar-refractivity contribution in [2.24, 2.45) is 11.7 Å². The molecule has 1 fully saturated rings. The number of hydrogen-bond acceptors (Lipinski definition) is 3. The normalized spacial score (nSPS) is 17.4. The SMILES string of the molecule is NC(=O)c1n[nH]c(CC2CCCC2)n1. The van der Waals surface area contributed by atoms with E-state index in [9.17, 15) is 4.79 Å². The molecule has 0 aliphatic heterocycles. The average Bonchev–Trinajstić information content (AvgIpc) is 2.75. The van der Waals surface area contributed by atoms with E-state index in [1.807, 2.05) is 0 Å². The number of primary amides is 1. The van der Waals surface area contributed by atoms with Crippen molar-refractivity contribution in [1.29, 1.82) is 0 Å². The van der Waals surface area contributed by atoms with Gasteiger partial charge in [-0.05, 0) is 5.92 Å². The summed E-state index contributed by atoms with van der Waals surface area (Å²) in [5.74, 6) is 1.01. The standard InChI is InChI=1S/C9H14N4O/c10-8(14)9-11-7(12-13-9)5-6-3-1-2-4-6/h6H,1-5H2,(H2,10,14)(H,11,12,13). The summed E-state index contributed by atoms with van der Waals surface area (Å²) in [6.45, 7) is 0. The monoisotopic (exact) mass is 194 g/mol. The van der Waals surface area contributed by atoms with Crippen LogP contribution < -0.4 is 5.73 Å². The Morgan fingerprint density at radius 2 is 2.21 bits per heavy atom. The zero-order chi connectivity index (χ0) is 9.97. The van der Waals surface area contributed by atoms with E-state index in [2.05, 4.69) is 15.2 Å². The molecule has 5 nitrogen and oxygen atoms in total. The number of carbonyl (C=O) groups is 1. The Labute approximate surface area is 82.1 Å². The Morgan fingerprint density at radius 3 is 2.79 bits per heavy atom. The molecule has 0 radical (unpaired) electrons. The Balaban J connectivity index is 1.98. The fraction of sp³-hybridized carbons (Fsp3) is 0.667. The van der Waals surface area contributed by atoms with Gasteiger partial charge in [-0.3, -0.25) is 9.89 Å². The lowest BCUT2D eigenvalue weighted by Crippen LogP contribution is -2.13. The number of H-pyrrole nitrogens is 1. The van der Waals surface area contributed by atoms with Gasteiger partial charge in [0.15, 0.2) is 0 Å². The van der Waals surface area contributed by atoms with Crippen LogP contribution in [0.4, 0.5) is 0 Å². The van der Waals surface area contributed by atoms with Gasteiger partial charge in [0, 0.05) is 6.42 Å².